The lowest BCUT2D eigenvalue weighted by molar-refractivity contribution is -0.145. The highest BCUT2D eigenvalue weighted by Gasteiger charge is 2.36. The molecule has 0 aromatic heterocycles. The van der Waals surface area contributed by atoms with Crippen molar-refractivity contribution in [1.29, 1.82) is 0 Å². The van der Waals surface area contributed by atoms with Gasteiger partial charge in [0.05, 0.1) is 6.04 Å². The molecule has 1 fully saturated rings. The molecule has 0 aromatic rings. The van der Waals surface area contributed by atoms with E-state index in [-0.39, 0.29) is 24.9 Å². The molecule has 0 aromatic carbocycles. The van der Waals surface area contributed by atoms with E-state index in [9.17, 15) is 9.59 Å². The van der Waals surface area contributed by atoms with Crippen molar-refractivity contribution in [2.24, 2.45) is 0 Å². The minimum atomic E-state index is -0.961. The van der Waals surface area contributed by atoms with Crippen LogP contribution in [-0.4, -0.2) is 52.1 Å². The van der Waals surface area contributed by atoms with Crippen molar-refractivity contribution in [2.45, 2.75) is 38.3 Å². The van der Waals surface area contributed by atoms with Crippen LogP contribution in [0.2, 0.25) is 0 Å². The van der Waals surface area contributed by atoms with Gasteiger partial charge in [0.15, 0.2) is 0 Å². The maximum Gasteiger partial charge on any atom is 0.321 e. The third-order valence-electron chi connectivity index (χ3n) is 2.85. The summed E-state index contributed by atoms with van der Waals surface area (Å²) < 4.78 is 0. The molecule has 0 spiro atoms. The Morgan fingerprint density at radius 3 is 2.67 bits per heavy atom. The summed E-state index contributed by atoms with van der Waals surface area (Å²) in [6.45, 7) is 1.94. The van der Waals surface area contributed by atoms with Gasteiger partial charge in [-0.25, -0.2) is 0 Å². The Labute approximate surface area is 88.7 Å². The van der Waals surface area contributed by atoms with Gasteiger partial charge in [-0.3, -0.25) is 14.5 Å². The topological polar surface area (TPSA) is 77.8 Å². The van der Waals surface area contributed by atoms with Crippen molar-refractivity contribution in [1.82, 2.24) is 4.90 Å². The van der Waals surface area contributed by atoms with Crippen LogP contribution in [-0.2, 0) is 9.59 Å². The molecule has 0 radical (unpaired) electrons. The molecule has 15 heavy (non-hydrogen) atoms. The molecule has 1 aliphatic heterocycles. The van der Waals surface area contributed by atoms with Crippen LogP contribution in [0.15, 0.2) is 0 Å². The van der Waals surface area contributed by atoms with E-state index in [0.717, 1.165) is 12.8 Å². The van der Waals surface area contributed by atoms with Gasteiger partial charge in [0, 0.05) is 6.61 Å². The number of likely N-dealkylation sites (tertiary alicyclic amines) is 1. The van der Waals surface area contributed by atoms with Crippen molar-refractivity contribution in [3.63, 3.8) is 0 Å². The predicted molar refractivity (Wildman–Crippen MR) is 53.5 cm³/mol. The Hall–Kier alpha value is -0.940. The number of aliphatic carboxylic acids is 1. The Morgan fingerprint density at radius 2 is 2.20 bits per heavy atom. The summed E-state index contributed by atoms with van der Waals surface area (Å²) in [7, 11) is 0. The molecule has 0 amide bonds. The molecule has 1 unspecified atom stereocenters. The summed E-state index contributed by atoms with van der Waals surface area (Å²) in [6.07, 6.45) is 1.75. The van der Waals surface area contributed by atoms with Gasteiger partial charge in [-0.1, -0.05) is 0 Å². The number of nitrogens with zero attached hydrogens (tertiary/aromatic N) is 1. The summed E-state index contributed by atoms with van der Waals surface area (Å²) in [5.74, 6) is -0.950. The maximum absolute atomic E-state index is 11.3. The lowest BCUT2D eigenvalue weighted by atomic mass is 10.1. The van der Waals surface area contributed by atoms with E-state index in [2.05, 4.69) is 0 Å². The zero-order valence-electron chi connectivity index (χ0n) is 8.85. The first-order chi connectivity index (χ1) is 7.07. The Balaban J connectivity index is 2.73. The molecule has 0 aliphatic carbocycles. The van der Waals surface area contributed by atoms with Crippen LogP contribution >= 0.6 is 0 Å². The van der Waals surface area contributed by atoms with Crippen molar-refractivity contribution >= 4 is 11.8 Å². The first-order valence-corrected chi connectivity index (χ1v) is 5.17. The van der Waals surface area contributed by atoms with Gasteiger partial charge in [-0.05, 0) is 32.7 Å². The molecule has 2 N–H and O–H groups in total. The van der Waals surface area contributed by atoms with Gasteiger partial charge in [0.1, 0.15) is 11.8 Å². The van der Waals surface area contributed by atoms with Crippen LogP contribution in [0.5, 0.6) is 0 Å². The van der Waals surface area contributed by atoms with E-state index < -0.39 is 12.0 Å². The highest BCUT2D eigenvalue weighted by molar-refractivity contribution is 5.83. The van der Waals surface area contributed by atoms with Gasteiger partial charge in [0.25, 0.3) is 0 Å². The average Bonchev–Trinajstić information content (AvgIpc) is 2.61. The zero-order chi connectivity index (χ0) is 11.4. The van der Waals surface area contributed by atoms with Gasteiger partial charge >= 0.3 is 5.97 Å². The maximum atomic E-state index is 11.3. The van der Waals surface area contributed by atoms with E-state index >= 15 is 0 Å². The molecule has 1 heterocycles. The van der Waals surface area contributed by atoms with E-state index in [4.69, 9.17) is 10.2 Å². The lowest BCUT2D eigenvalue weighted by Gasteiger charge is -2.28. The second-order valence-electron chi connectivity index (χ2n) is 3.87. The number of aliphatic hydroxyl groups is 1. The SMILES string of the molecule is CC(=O)[C@H]1CCCN1C(CCO)C(=O)O. The minimum Gasteiger partial charge on any atom is -0.480 e. The minimum absolute atomic E-state index is 0.0108. The molecule has 2 atom stereocenters. The molecular weight excluding hydrogens is 198 g/mol. The molecule has 0 saturated carbocycles. The fourth-order valence-electron chi connectivity index (χ4n) is 2.15. The second-order valence-corrected chi connectivity index (χ2v) is 3.87. The standard InChI is InChI=1S/C10H17NO4/c1-7(13)8-3-2-5-11(8)9(4-6-12)10(14)15/h8-9,12H,2-6H2,1H3,(H,14,15)/t8-,9?/m1/s1. The van der Waals surface area contributed by atoms with Crippen molar-refractivity contribution in [3.05, 3.63) is 0 Å². The van der Waals surface area contributed by atoms with Crippen LogP contribution in [0.3, 0.4) is 0 Å². The molecule has 1 aliphatic rings. The molecule has 1 rings (SSSR count). The smallest absolute Gasteiger partial charge is 0.321 e. The van der Waals surface area contributed by atoms with Crippen LogP contribution < -0.4 is 0 Å². The highest BCUT2D eigenvalue weighted by atomic mass is 16.4. The zero-order valence-corrected chi connectivity index (χ0v) is 8.85. The number of hydrogen-bond donors (Lipinski definition) is 2. The number of aliphatic hydroxyl groups excluding tert-OH is 1. The van der Waals surface area contributed by atoms with Crippen molar-refractivity contribution < 1.29 is 19.8 Å². The summed E-state index contributed by atoms with van der Waals surface area (Å²) in [5.41, 5.74) is 0. The van der Waals surface area contributed by atoms with E-state index in [1.165, 1.54) is 6.92 Å². The van der Waals surface area contributed by atoms with Gasteiger partial charge in [-0.15, -0.1) is 0 Å². The Kier molecular flexibility index (Phi) is 4.23. The molecule has 0 bridgehead atoms. The van der Waals surface area contributed by atoms with Gasteiger partial charge in [0.2, 0.25) is 0 Å². The van der Waals surface area contributed by atoms with Crippen molar-refractivity contribution in [3.8, 4) is 0 Å². The van der Waals surface area contributed by atoms with Gasteiger partial charge in [-0.2, -0.15) is 0 Å². The number of carboxylic acids is 1. The summed E-state index contributed by atoms with van der Waals surface area (Å²) in [5, 5.41) is 17.8. The first-order valence-electron chi connectivity index (χ1n) is 5.17. The van der Waals surface area contributed by atoms with E-state index in [1.807, 2.05) is 0 Å². The quantitative estimate of drug-likeness (QED) is 0.668. The Morgan fingerprint density at radius 1 is 1.53 bits per heavy atom. The van der Waals surface area contributed by atoms with E-state index in [0.29, 0.717) is 6.54 Å². The number of Topliss-reactive ketones (excluding diaryl/α,β-unsaturated/α-hetero) is 1. The first kappa shape index (κ1) is 12.1. The van der Waals surface area contributed by atoms with Crippen LogP contribution in [0, 0.1) is 0 Å². The predicted octanol–water partition coefficient (Wildman–Crippen LogP) is -0.125. The lowest BCUT2D eigenvalue weighted by Crippen LogP contribution is -2.47. The number of ketones is 1. The van der Waals surface area contributed by atoms with Crippen LogP contribution in [0.1, 0.15) is 26.2 Å². The third-order valence-corrected chi connectivity index (χ3v) is 2.85. The summed E-state index contributed by atoms with van der Waals surface area (Å²) >= 11 is 0. The van der Waals surface area contributed by atoms with E-state index in [1.54, 1.807) is 4.90 Å². The number of carboxylic acid groups (broad SMARTS) is 1. The third kappa shape index (κ3) is 2.76. The highest BCUT2D eigenvalue weighted by Crippen LogP contribution is 2.22. The monoisotopic (exact) mass is 215 g/mol. The number of carbonyl (C=O) groups excluding carboxylic acids is 1. The largest absolute Gasteiger partial charge is 0.480 e. The molecule has 1 saturated heterocycles. The average molecular weight is 215 g/mol. The normalized spacial score (nSPS) is 24.0. The number of carbonyl (C=O) groups is 2. The fourth-order valence-corrected chi connectivity index (χ4v) is 2.15. The van der Waals surface area contributed by atoms with Gasteiger partial charge < -0.3 is 10.2 Å². The second kappa shape index (κ2) is 5.23. The Bertz CT molecular complexity index is 254. The van der Waals surface area contributed by atoms with Crippen molar-refractivity contribution in [2.75, 3.05) is 13.2 Å². The fraction of sp³-hybridized carbons (Fsp3) is 0.800. The number of rotatable bonds is 5. The summed E-state index contributed by atoms with van der Waals surface area (Å²) in [4.78, 5) is 24.0. The molecular formula is C10H17NO4. The van der Waals surface area contributed by atoms with Crippen LogP contribution in [0.25, 0.3) is 0 Å². The molecule has 5 heteroatoms. The van der Waals surface area contributed by atoms with Crippen LogP contribution in [0.4, 0.5) is 0 Å². The molecule has 5 nitrogen and oxygen atoms in total. The number of hydrogen-bond acceptors (Lipinski definition) is 4. The molecule has 86 valence electrons. The summed E-state index contributed by atoms with van der Waals surface area (Å²) in [6, 6.07) is -1.01.